The van der Waals surface area contributed by atoms with E-state index >= 15 is 0 Å². The Morgan fingerprint density at radius 3 is 2.38 bits per heavy atom. The number of hydrogen-bond donors (Lipinski definition) is 3. The summed E-state index contributed by atoms with van der Waals surface area (Å²) >= 11 is 0. The van der Waals surface area contributed by atoms with Crippen molar-refractivity contribution in [1.29, 1.82) is 0 Å². The highest BCUT2D eigenvalue weighted by Crippen LogP contribution is 2.12. The Kier molecular flexibility index (Phi) is 5.90. The summed E-state index contributed by atoms with van der Waals surface area (Å²) in [6, 6.07) is -0.447. The minimum Gasteiger partial charge on any atom is -0.354 e. The van der Waals surface area contributed by atoms with E-state index in [0.29, 0.717) is 13.1 Å². The van der Waals surface area contributed by atoms with Gasteiger partial charge in [-0.1, -0.05) is 20.8 Å². The highest BCUT2D eigenvalue weighted by molar-refractivity contribution is 5.83. The van der Waals surface area contributed by atoms with Crippen LogP contribution in [0.5, 0.6) is 0 Å². The molecule has 0 spiro atoms. The molecule has 7 heteroatoms. The van der Waals surface area contributed by atoms with Crippen LogP contribution in [0.2, 0.25) is 0 Å². The van der Waals surface area contributed by atoms with Gasteiger partial charge >= 0.3 is 0 Å². The predicted molar refractivity (Wildman–Crippen MR) is 80.5 cm³/mol. The number of likely N-dealkylation sites (N-methyl/N-ethyl adjacent to an activating group) is 1. The molecule has 0 saturated carbocycles. The maximum Gasteiger partial charge on any atom is 0.241 e. The molecule has 0 aliphatic rings. The van der Waals surface area contributed by atoms with E-state index in [4.69, 9.17) is 0 Å². The number of rotatable bonds is 6. The molecule has 1 heterocycles. The maximum atomic E-state index is 12.1. The molecule has 1 rings (SSSR count). The molecule has 0 radical (unpaired) electrons. The van der Waals surface area contributed by atoms with Crippen molar-refractivity contribution in [3.63, 3.8) is 0 Å². The van der Waals surface area contributed by atoms with Gasteiger partial charge < -0.3 is 16.0 Å². The molecule has 21 heavy (non-hydrogen) atoms. The Bertz CT molecular complexity index is 490. The molecule has 7 nitrogen and oxygen atoms in total. The van der Waals surface area contributed by atoms with Crippen LogP contribution in [-0.4, -0.2) is 41.7 Å². The van der Waals surface area contributed by atoms with E-state index in [2.05, 4.69) is 21.0 Å². The summed E-state index contributed by atoms with van der Waals surface area (Å²) in [5.41, 5.74) is 0.379. The molecule has 118 valence electrons. The summed E-state index contributed by atoms with van der Waals surface area (Å²) in [7, 11) is 3.52. The van der Waals surface area contributed by atoms with Crippen molar-refractivity contribution in [3.8, 4) is 0 Å². The van der Waals surface area contributed by atoms with E-state index in [1.165, 1.54) is 0 Å². The van der Waals surface area contributed by atoms with Crippen LogP contribution in [0.3, 0.4) is 0 Å². The lowest BCUT2D eigenvalue weighted by Crippen LogP contribution is -2.42. The molecule has 1 unspecified atom stereocenters. The lowest BCUT2D eigenvalue weighted by Gasteiger charge is -2.18. The van der Waals surface area contributed by atoms with Gasteiger partial charge in [0.1, 0.15) is 6.04 Å². The van der Waals surface area contributed by atoms with E-state index in [0.717, 1.165) is 5.56 Å². The van der Waals surface area contributed by atoms with E-state index in [-0.39, 0.29) is 11.8 Å². The molecule has 0 aromatic carbocycles. The molecule has 1 aromatic heterocycles. The summed E-state index contributed by atoms with van der Waals surface area (Å²) < 4.78 is 1.65. The molecule has 2 amide bonds. The second kappa shape index (κ2) is 7.21. The fraction of sp³-hybridized carbons (Fsp3) is 0.643. The van der Waals surface area contributed by atoms with Crippen molar-refractivity contribution in [2.45, 2.75) is 26.8 Å². The average Bonchev–Trinajstić information content (AvgIpc) is 2.80. The molecule has 0 bridgehead atoms. The molecular weight excluding hydrogens is 270 g/mol. The third kappa shape index (κ3) is 5.18. The summed E-state index contributed by atoms with van der Waals surface area (Å²) in [6.45, 7) is 6.34. The quantitative estimate of drug-likeness (QED) is 0.643. The van der Waals surface area contributed by atoms with Crippen LogP contribution in [0.4, 0.5) is 0 Å². The number of aromatic nitrogens is 2. The highest BCUT2D eigenvalue weighted by Gasteiger charge is 2.21. The van der Waals surface area contributed by atoms with E-state index < -0.39 is 11.5 Å². The van der Waals surface area contributed by atoms with Crippen LogP contribution < -0.4 is 16.0 Å². The van der Waals surface area contributed by atoms with E-state index in [9.17, 15) is 9.59 Å². The normalized spacial score (nSPS) is 12.8. The van der Waals surface area contributed by atoms with Gasteiger partial charge in [-0.15, -0.1) is 0 Å². The average molecular weight is 295 g/mol. The molecule has 0 saturated heterocycles. The van der Waals surface area contributed by atoms with Crippen LogP contribution in [0.25, 0.3) is 0 Å². The number of aryl methyl sites for hydroxylation is 1. The maximum absolute atomic E-state index is 12.1. The van der Waals surface area contributed by atoms with Gasteiger partial charge in [0.25, 0.3) is 0 Å². The number of hydrogen-bond acceptors (Lipinski definition) is 4. The monoisotopic (exact) mass is 295 g/mol. The van der Waals surface area contributed by atoms with Gasteiger partial charge in [0.2, 0.25) is 11.8 Å². The molecule has 0 aliphatic carbocycles. The SMILES string of the molecule is CNC(C(=O)NCCNC(=O)C(C)(C)C)c1cnn(C)c1. The fourth-order valence-electron chi connectivity index (χ4n) is 1.77. The molecule has 3 N–H and O–H groups in total. The van der Waals surface area contributed by atoms with Crippen LogP contribution in [0.1, 0.15) is 32.4 Å². The number of carbonyl (C=O) groups excluding carboxylic acids is 2. The van der Waals surface area contributed by atoms with E-state index in [1.807, 2.05) is 20.8 Å². The molecule has 1 aromatic rings. The zero-order valence-corrected chi connectivity index (χ0v) is 13.4. The van der Waals surface area contributed by atoms with Crippen LogP contribution in [-0.2, 0) is 16.6 Å². The van der Waals surface area contributed by atoms with Crippen molar-refractivity contribution in [3.05, 3.63) is 18.0 Å². The Hall–Kier alpha value is -1.89. The van der Waals surface area contributed by atoms with Gasteiger partial charge in [0, 0.05) is 37.3 Å². The van der Waals surface area contributed by atoms with Crippen molar-refractivity contribution in [1.82, 2.24) is 25.7 Å². The van der Waals surface area contributed by atoms with Crippen molar-refractivity contribution < 1.29 is 9.59 Å². The van der Waals surface area contributed by atoms with Gasteiger partial charge in [-0.05, 0) is 7.05 Å². The van der Waals surface area contributed by atoms with Gasteiger partial charge in [-0.25, -0.2) is 0 Å². The number of amides is 2. The lowest BCUT2D eigenvalue weighted by atomic mass is 9.96. The molecule has 1 atom stereocenters. The van der Waals surface area contributed by atoms with Crippen molar-refractivity contribution in [2.75, 3.05) is 20.1 Å². The molecule has 0 fully saturated rings. The number of carbonyl (C=O) groups is 2. The van der Waals surface area contributed by atoms with Crippen LogP contribution >= 0.6 is 0 Å². The van der Waals surface area contributed by atoms with Crippen LogP contribution in [0.15, 0.2) is 12.4 Å². The number of nitrogens with zero attached hydrogens (tertiary/aromatic N) is 2. The zero-order chi connectivity index (χ0) is 16.0. The second-order valence-corrected chi connectivity index (χ2v) is 5.97. The third-order valence-corrected chi connectivity index (χ3v) is 3.00. The first-order valence-electron chi connectivity index (χ1n) is 6.97. The standard InChI is InChI=1S/C14H25N5O2/c1-14(2,3)13(21)17-7-6-16-12(20)11(15-4)10-8-18-19(5)9-10/h8-9,11,15H,6-7H2,1-5H3,(H,16,20)(H,17,21). The summed E-state index contributed by atoms with van der Waals surface area (Å²) in [4.78, 5) is 23.8. The van der Waals surface area contributed by atoms with Crippen molar-refractivity contribution >= 4 is 11.8 Å². The van der Waals surface area contributed by atoms with E-state index in [1.54, 1.807) is 31.2 Å². The van der Waals surface area contributed by atoms with Crippen molar-refractivity contribution in [2.24, 2.45) is 12.5 Å². The predicted octanol–water partition coefficient (Wildman–Crippen LogP) is -0.0409. The third-order valence-electron chi connectivity index (χ3n) is 3.00. The smallest absolute Gasteiger partial charge is 0.241 e. The Labute approximate surface area is 125 Å². The minimum absolute atomic E-state index is 0.0332. The van der Waals surface area contributed by atoms with Gasteiger partial charge in [-0.2, -0.15) is 5.10 Å². The summed E-state index contributed by atoms with van der Waals surface area (Å²) in [5, 5.41) is 12.6. The first kappa shape index (κ1) is 17.2. The topological polar surface area (TPSA) is 88.1 Å². The first-order chi connectivity index (χ1) is 9.75. The lowest BCUT2D eigenvalue weighted by molar-refractivity contribution is -0.129. The Morgan fingerprint density at radius 2 is 1.90 bits per heavy atom. The summed E-state index contributed by atoms with van der Waals surface area (Å²) in [6.07, 6.45) is 3.45. The summed E-state index contributed by atoms with van der Waals surface area (Å²) in [5.74, 6) is -0.176. The van der Waals surface area contributed by atoms with Gasteiger partial charge in [-0.3, -0.25) is 14.3 Å². The first-order valence-corrected chi connectivity index (χ1v) is 6.97. The zero-order valence-electron chi connectivity index (χ0n) is 13.4. The number of nitrogens with one attached hydrogen (secondary N) is 3. The molecular formula is C14H25N5O2. The Balaban J connectivity index is 2.41. The molecule has 0 aliphatic heterocycles. The van der Waals surface area contributed by atoms with Gasteiger partial charge in [0.15, 0.2) is 0 Å². The fourth-order valence-corrected chi connectivity index (χ4v) is 1.77. The van der Waals surface area contributed by atoms with Crippen LogP contribution in [0, 0.1) is 5.41 Å². The van der Waals surface area contributed by atoms with Gasteiger partial charge in [0.05, 0.1) is 6.20 Å². The second-order valence-electron chi connectivity index (χ2n) is 5.97. The largest absolute Gasteiger partial charge is 0.354 e. The minimum atomic E-state index is -0.447. The highest BCUT2D eigenvalue weighted by atomic mass is 16.2. The Morgan fingerprint density at radius 1 is 1.29 bits per heavy atom.